The number of carbonyl (C=O) groups excluding carboxylic acids is 2. The first kappa shape index (κ1) is 26.1. The number of carbonyl (C=O) groups is 2. The number of anilines is 2. The number of likely N-dealkylation sites (tertiary alicyclic amines) is 1. The van der Waals surface area contributed by atoms with Crippen LogP contribution in [0.4, 0.5) is 21.0 Å². The van der Waals surface area contributed by atoms with Gasteiger partial charge in [-0.1, -0.05) is 23.7 Å². The van der Waals surface area contributed by atoms with Crippen LogP contribution < -0.4 is 10.2 Å². The number of ether oxygens (including phenoxy) is 1. The van der Waals surface area contributed by atoms with Crippen LogP contribution in [0, 0.1) is 0 Å². The molecule has 2 aliphatic rings. The molecule has 1 atom stereocenters. The normalized spacial score (nSPS) is 18.8. The highest BCUT2D eigenvalue weighted by atomic mass is 35.5. The van der Waals surface area contributed by atoms with Gasteiger partial charge in [-0.15, -0.1) is 0 Å². The fourth-order valence-corrected chi connectivity index (χ4v) is 5.01. The number of hydrogen-bond acceptors (Lipinski definition) is 4. The molecular weight excluding hydrogens is 476 g/mol. The number of nitrogens with zero attached hydrogens (tertiary/aromatic N) is 3. The monoisotopic (exact) mass is 512 g/mol. The van der Waals surface area contributed by atoms with Crippen molar-refractivity contribution in [3.63, 3.8) is 0 Å². The van der Waals surface area contributed by atoms with Crippen molar-refractivity contribution >= 4 is 35.1 Å². The molecule has 1 unspecified atom stereocenters. The molecule has 194 valence electrons. The predicted octanol–water partition coefficient (Wildman–Crippen LogP) is 6.20. The highest BCUT2D eigenvalue weighted by Crippen LogP contribution is 2.30. The third kappa shape index (κ3) is 6.64. The van der Waals surface area contributed by atoms with Crippen LogP contribution in [0.25, 0.3) is 0 Å². The zero-order chi connectivity index (χ0) is 25.9. The molecule has 0 radical (unpaired) electrons. The fraction of sp³-hybridized carbons (Fsp3) is 0.500. The third-order valence-electron chi connectivity index (χ3n) is 7.00. The third-order valence-corrected chi connectivity index (χ3v) is 7.25. The molecule has 0 bridgehead atoms. The standard InChI is InChI=1S/C28H37ClN4O3/c1-28(2,3)36-27(35)31(4)25-15-18-33(19-25)24-11-9-23(10-12-24)30-26(34)32-16-13-21(14-17-32)20-5-7-22(29)8-6-20/h5-12,21,25H,13-19H2,1-4H3,(H,30,34). The Hall–Kier alpha value is -2.93. The van der Waals surface area contributed by atoms with Gasteiger partial charge in [-0.25, -0.2) is 9.59 Å². The second-order valence-electron chi connectivity index (χ2n) is 10.8. The van der Waals surface area contributed by atoms with Gasteiger partial charge in [0.25, 0.3) is 0 Å². The van der Waals surface area contributed by atoms with E-state index < -0.39 is 5.60 Å². The first-order valence-corrected chi connectivity index (χ1v) is 13.1. The maximum atomic E-state index is 12.8. The summed E-state index contributed by atoms with van der Waals surface area (Å²) < 4.78 is 5.51. The first-order chi connectivity index (χ1) is 17.1. The quantitative estimate of drug-likeness (QED) is 0.530. The molecule has 7 nitrogen and oxygen atoms in total. The van der Waals surface area contributed by atoms with Crippen molar-refractivity contribution in [3.05, 3.63) is 59.1 Å². The van der Waals surface area contributed by atoms with Crippen molar-refractivity contribution in [2.45, 2.75) is 57.6 Å². The van der Waals surface area contributed by atoms with Gasteiger partial charge in [0.05, 0.1) is 6.04 Å². The van der Waals surface area contributed by atoms with Crippen LogP contribution in [-0.2, 0) is 4.74 Å². The Balaban J connectivity index is 1.25. The van der Waals surface area contributed by atoms with Crippen molar-refractivity contribution < 1.29 is 14.3 Å². The second-order valence-corrected chi connectivity index (χ2v) is 11.2. The van der Waals surface area contributed by atoms with Crippen molar-refractivity contribution in [3.8, 4) is 0 Å². The Morgan fingerprint density at radius 1 is 0.972 bits per heavy atom. The molecule has 1 N–H and O–H groups in total. The number of piperidine rings is 1. The number of nitrogens with one attached hydrogen (secondary N) is 1. The van der Waals surface area contributed by atoms with Gasteiger partial charge in [-0.3, -0.25) is 0 Å². The summed E-state index contributed by atoms with van der Waals surface area (Å²) in [6.45, 7) is 8.72. The highest BCUT2D eigenvalue weighted by Gasteiger charge is 2.31. The average molecular weight is 513 g/mol. The SMILES string of the molecule is CN(C(=O)OC(C)(C)C)C1CCN(c2ccc(NC(=O)N3CCC(c4ccc(Cl)cc4)CC3)cc2)C1. The second kappa shape index (κ2) is 11.0. The average Bonchev–Trinajstić information content (AvgIpc) is 3.34. The molecule has 2 heterocycles. The van der Waals surface area contributed by atoms with Crippen LogP contribution in [0.3, 0.4) is 0 Å². The molecule has 0 spiro atoms. The molecule has 36 heavy (non-hydrogen) atoms. The Bertz CT molecular complexity index is 1040. The number of amides is 3. The van der Waals surface area contributed by atoms with Crippen LogP contribution in [0.15, 0.2) is 48.5 Å². The van der Waals surface area contributed by atoms with E-state index >= 15 is 0 Å². The van der Waals surface area contributed by atoms with E-state index in [-0.39, 0.29) is 18.2 Å². The lowest BCUT2D eigenvalue weighted by Crippen LogP contribution is -2.42. The maximum Gasteiger partial charge on any atom is 0.410 e. The minimum atomic E-state index is -0.503. The summed E-state index contributed by atoms with van der Waals surface area (Å²) in [6.07, 6.45) is 2.49. The smallest absolute Gasteiger partial charge is 0.410 e. The molecule has 2 saturated heterocycles. The van der Waals surface area contributed by atoms with E-state index in [9.17, 15) is 9.59 Å². The summed E-state index contributed by atoms with van der Waals surface area (Å²) in [7, 11) is 1.80. The van der Waals surface area contributed by atoms with Crippen molar-refractivity contribution in [1.29, 1.82) is 0 Å². The number of benzene rings is 2. The van der Waals surface area contributed by atoms with Gasteiger partial charge in [-0.2, -0.15) is 0 Å². The maximum absolute atomic E-state index is 12.8. The highest BCUT2D eigenvalue weighted by molar-refractivity contribution is 6.30. The number of hydrogen-bond donors (Lipinski definition) is 1. The summed E-state index contributed by atoms with van der Waals surface area (Å²) in [6, 6.07) is 16.0. The molecule has 0 saturated carbocycles. The van der Waals surface area contributed by atoms with E-state index in [0.29, 0.717) is 5.92 Å². The van der Waals surface area contributed by atoms with E-state index in [1.807, 2.05) is 62.1 Å². The molecule has 0 aliphatic carbocycles. The van der Waals surface area contributed by atoms with E-state index in [1.165, 1.54) is 5.56 Å². The Morgan fingerprint density at radius 3 is 2.22 bits per heavy atom. The topological polar surface area (TPSA) is 65.1 Å². The van der Waals surface area contributed by atoms with E-state index in [1.54, 1.807) is 11.9 Å². The molecule has 2 aliphatic heterocycles. The predicted molar refractivity (Wildman–Crippen MR) is 145 cm³/mol. The molecule has 4 rings (SSSR count). The molecule has 2 aromatic rings. The first-order valence-electron chi connectivity index (χ1n) is 12.7. The number of urea groups is 1. The summed E-state index contributed by atoms with van der Waals surface area (Å²) in [5, 5.41) is 3.79. The van der Waals surface area contributed by atoms with Gasteiger partial charge in [0.15, 0.2) is 0 Å². The lowest BCUT2D eigenvalue weighted by atomic mass is 9.89. The number of likely N-dealkylation sites (N-methyl/N-ethyl adjacent to an activating group) is 1. The molecule has 3 amide bonds. The van der Waals surface area contributed by atoms with E-state index in [0.717, 1.165) is 61.8 Å². The van der Waals surface area contributed by atoms with Gasteiger partial charge in [0.2, 0.25) is 0 Å². The molecular formula is C28H37ClN4O3. The summed E-state index contributed by atoms with van der Waals surface area (Å²) >= 11 is 6.01. The summed E-state index contributed by atoms with van der Waals surface area (Å²) in [5.74, 6) is 0.462. The van der Waals surface area contributed by atoms with Gasteiger partial charge in [-0.05, 0) is 87.9 Å². The van der Waals surface area contributed by atoms with Gasteiger partial charge < -0.3 is 24.8 Å². The minimum Gasteiger partial charge on any atom is -0.444 e. The van der Waals surface area contributed by atoms with Crippen molar-refractivity contribution in [2.75, 3.05) is 43.4 Å². The molecule has 8 heteroatoms. The van der Waals surface area contributed by atoms with Crippen LogP contribution in [-0.4, -0.2) is 66.8 Å². The van der Waals surface area contributed by atoms with Crippen LogP contribution in [0.1, 0.15) is 51.5 Å². The molecule has 0 aromatic heterocycles. The van der Waals surface area contributed by atoms with Gasteiger partial charge in [0, 0.05) is 49.6 Å². The van der Waals surface area contributed by atoms with Crippen molar-refractivity contribution in [2.24, 2.45) is 0 Å². The van der Waals surface area contributed by atoms with Crippen LogP contribution >= 0.6 is 11.6 Å². The van der Waals surface area contributed by atoms with Crippen molar-refractivity contribution in [1.82, 2.24) is 9.80 Å². The number of halogens is 1. The number of rotatable bonds is 4. The Labute approximate surface area is 219 Å². The van der Waals surface area contributed by atoms with Crippen LogP contribution in [0.2, 0.25) is 5.02 Å². The van der Waals surface area contributed by atoms with Crippen LogP contribution in [0.5, 0.6) is 0 Å². The Morgan fingerprint density at radius 2 is 1.61 bits per heavy atom. The molecule has 2 fully saturated rings. The zero-order valence-corrected chi connectivity index (χ0v) is 22.4. The largest absolute Gasteiger partial charge is 0.444 e. The van der Waals surface area contributed by atoms with Gasteiger partial charge >= 0.3 is 12.1 Å². The Kier molecular flexibility index (Phi) is 7.98. The van der Waals surface area contributed by atoms with Gasteiger partial charge in [0.1, 0.15) is 5.60 Å². The van der Waals surface area contributed by atoms with E-state index in [4.69, 9.17) is 16.3 Å². The summed E-state index contributed by atoms with van der Waals surface area (Å²) in [4.78, 5) is 31.1. The fourth-order valence-electron chi connectivity index (χ4n) is 4.88. The zero-order valence-electron chi connectivity index (χ0n) is 21.7. The minimum absolute atomic E-state index is 0.0578. The molecule has 2 aromatic carbocycles. The summed E-state index contributed by atoms with van der Waals surface area (Å²) in [5.41, 5.74) is 2.65. The lowest BCUT2D eigenvalue weighted by Gasteiger charge is -2.32. The van der Waals surface area contributed by atoms with E-state index in [2.05, 4.69) is 22.3 Å². The lowest BCUT2D eigenvalue weighted by molar-refractivity contribution is 0.0238.